The van der Waals surface area contributed by atoms with Crippen molar-refractivity contribution in [3.05, 3.63) is 17.8 Å². The highest BCUT2D eigenvalue weighted by molar-refractivity contribution is 5.33. The molecule has 1 N–H and O–H groups in total. The zero-order valence-electron chi connectivity index (χ0n) is 9.58. The Morgan fingerprint density at radius 3 is 2.53 bits per heavy atom. The molecule has 4 nitrogen and oxygen atoms in total. The van der Waals surface area contributed by atoms with Crippen LogP contribution in [0.2, 0.25) is 0 Å². The molecule has 0 aliphatic rings. The van der Waals surface area contributed by atoms with Crippen LogP contribution >= 0.6 is 0 Å². The van der Waals surface area contributed by atoms with Gasteiger partial charge in [0.25, 0.3) is 0 Å². The van der Waals surface area contributed by atoms with Gasteiger partial charge in [0, 0.05) is 13.2 Å². The Hall–Kier alpha value is -1.37. The van der Waals surface area contributed by atoms with E-state index in [9.17, 15) is 13.2 Å². The lowest BCUT2D eigenvalue weighted by Crippen LogP contribution is -2.20. The van der Waals surface area contributed by atoms with Crippen LogP contribution in [0.3, 0.4) is 0 Å². The molecule has 0 spiro atoms. The largest absolute Gasteiger partial charge is 0.435 e. The van der Waals surface area contributed by atoms with Gasteiger partial charge < -0.3 is 10.1 Å². The Labute approximate surface area is 97.2 Å². The molecule has 1 heterocycles. The molecule has 1 rings (SSSR count). The number of nitrogens with zero attached hydrogens (tertiary/aromatic N) is 2. The predicted molar refractivity (Wildman–Crippen MR) is 56.6 cm³/mol. The number of hydrogen-bond acceptors (Lipinski definition) is 4. The van der Waals surface area contributed by atoms with Crippen LogP contribution in [0.1, 0.15) is 19.5 Å². The highest BCUT2D eigenvalue weighted by Crippen LogP contribution is 2.26. The fourth-order valence-corrected chi connectivity index (χ4v) is 1.17. The van der Waals surface area contributed by atoms with Crippen LogP contribution in [-0.2, 0) is 10.9 Å². The Morgan fingerprint density at radius 1 is 1.35 bits per heavy atom. The molecule has 0 saturated carbocycles. The number of alkyl halides is 3. The first-order chi connectivity index (χ1) is 7.93. The van der Waals surface area contributed by atoms with E-state index in [1.807, 2.05) is 13.8 Å². The average molecular weight is 249 g/mol. The summed E-state index contributed by atoms with van der Waals surface area (Å²) in [6, 6.07) is 2.13. The monoisotopic (exact) mass is 249 g/mol. The third-order valence-electron chi connectivity index (χ3n) is 1.98. The molecule has 1 unspecified atom stereocenters. The van der Waals surface area contributed by atoms with Crippen LogP contribution in [0.15, 0.2) is 12.1 Å². The van der Waals surface area contributed by atoms with Crippen LogP contribution in [0.4, 0.5) is 19.0 Å². The number of halogens is 3. The molecule has 7 heteroatoms. The molecule has 1 atom stereocenters. The van der Waals surface area contributed by atoms with Gasteiger partial charge in [-0.3, -0.25) is 0 Å². The maximum absolute atomic E-state index is 12.2. The quantitative estimate of drug-likeness (QED) is 0.870. The van der Waals surface area contributed by atoms with Crippen molar-refractivity contribution in [2.75, 3.05) is 18.5 Å². The zero-order chi connectivity index (χ0) is 12.9. The van der Waals surface area contributed by atoms with Crippen molar-refractivity contribution in [3.63, 3.8) is 0 Å². The van der Waals surface area contributed by atoms with E-state index in [0.29, 0.717) is 19.0 Å². The topological polar surface area (TPSA) is 47.0 Å². The second-order valence-electron chi connectivity index (χ2n) is 3.45. The molecule has 1 aromatic heterocycles. The van der Waals surface area contributed by atoms with Crippen molar-refractivity contribution >= 4 is 5.82 Å². The molecule has 1 aromatic rings. The lowest BCUT2D eigenvalue weighted by molar-refractivity contribution is -0.141. The minimum Gasteiger partial charge on any atom is -0.377 e. The van der Waals surface area contributed by atoms with Crippen molar-refractivity contribution in [1.29, 1.82) is 0 Å². The summed E-state index contributed by atoms with van der Waals surface area (Å²) in [6.45, 7) is 4.78. The molecule has 96 valence electrons. The highest BCUT2D eigenvalue weighted by Gasteiger charge is 2.32. The van der Waals surface area contributed by atoms with Crippen LogP contribution < -0.4 is 5.32 Å². The van der Waals surface area contributed by atoms with Gasteiger partial charge in [0.1, 0.15) is 5.82 Å². The van der Waals surface area contributed by atoms with Gasteiger partial charge in [0.15, 0.2) is 5.69 Å². The van der Waals surface area contributed by atoms with Crippen molar-refractivity contribution in [2.24, 2.45) is 0 Å². The number of aromatic nitrogens is 2. The molecule has 0 saturated heterocycles. The number of rotatable bonds is 5. The minimum atomic E-state index is -4.45. The Kier molecular flexibility index (Phi) is 4.68. The first-order valence-corrected chi connectivity index (χ1v) is 5.20. The summed E-state index contributed by atoms with van der Waals surface area (Å²) in [4.78, 5) is 0. The molecule has 0 aromatic carbocycles. The summed E-state index contributed by atoms with van der Waals surface area (Å²) in [5.74, 6) is 0.296. The summed E-state index contributed by atoms with van der Waals surface area (Å²) >= 11 is 0. The van der Waals surface area contributed by atoms with E-state index in [1.54, 1.807) is 0 Å². The Balaban J connectivity index is 2.51. The molecule has 0 aliphatic carbocycles. The van der Waals surface area contributed by atoms with Crippen molar-refractivity contribution < 1.29 is 17.9 Å². The van der Waals surface area contributed by atoms with E-state index in [-0.39, 0.29) is 6.10 Å². The molecule has 0 amide bonds. The van der Waals surface area contributed by atoms with Crippen molar-refractivity contribution in [2.45, 2.75) is 26.1 Å². The van der Waals surface area contributed by atoms with Crippen molar-refractivity contribution in [3.8, 4) is 0 Å². The van der Waals surface area contributed by atoms with Gasteiger partial charge in [-0.2, -0.15) is 13.2 Å². The van der Waals surface area contributed by atoms with Crippen LogP contribution in [-0.4, -0.2) is 29.5 Å². The van der Waals surface area contributed by atoms with E-state index in [4.69, 9.17) is 4.74 Å². The van der Waals surface area contributed by atoms with Crippen LogP contribution in [0, 0.1) is 0 Å². The van der Waals surface area contributed by atoms with Crippen LogP contribution in [0.5, 0.6) is 0 Å². The lowest BCUT2D eigenvalue weighted by atomic mass is 10.3. The molecule has 0 radical (unpaired) electrons. The first-order valence-electron chi connectivity index (χ1n) is 5.20. The standard InChI is InChI=1S/C10H14F3N3O/c1-3-17-7(2)6-14-9-5-4-8(15-16-9)10(11,12)13/h4-5,7H,3,6H2,1-2H3,(H,14,16). The zero-order valence-corrected chi connectivity index (χ0v) is 9.58. The van der Waals surface area contributed by atoms with E-state index in [1.165, 1.54) is 6.07 Å². The fourth-order valence-electron chi connectivity index (χ4n) is 1.17. The third kappa shape index (κ3) is 4.56. The van der Waals surface area contributed by atoms with E-state index >= 15 is 0 Å². The van der Waals surface area contributed by atoms with E-state index in [0.717, 1.165) is 6.07 Å². The molecule has 0 aliphatic heterocycles. The second-order valence-corrected chi connectivity index (χ2v) is 3.45. The molecule has 17 heavy (non-hydrogen) atoms. The SMILES string of the molecule is CCOC(C)CNc1ccc(C(F)(F)F)nn1. The number of anilines is 1. The van der Waals surface area contributed by atoms with Crippen LogP contribution in [0.25, 0.3) is 0 Å². The van der Waals surface area contributed by atoms with Gasteiger partial charge in [0.2, 0.25) is 0 Å². The van der Waals surface area contributed by atoms with Crippen molar-refractivity contribution in [1.82, 2.24) is 10.2 Å². The average Bonchev–Trinajstić information content (AvgIpc) is 2.26. The number of hydrogen-bond donors (Lipinski definition) is 1. The van der Waals surface area contributed by atoms with Gasteiger partial charge >= 0.3 is 6.18 Å². The Bertz CT molecular complexity index is 340. The van der Waals surface area contributed by atoms with Gasteiger partial charge in [-0.25, -0.2) is 0 Å². The first kappa shape index (κ1) is 13.7. The highest BCUT2D eigenvalue weighted by atomic mass is 19.4. The summed E-state index contributed by atoms with van der Waals surface area (Å²) in [7, 11) is 0. The smallest absolute Gasteiger partial charge is 0.377 e. The third-order valence-corrected chi connectivity index (χ3v) is 1.98. The van der Waals surface area contributed by atoms with Gasteiger partial charge in [-0.1, -0.05) is 0 Å². The van der Waals surface area contributed by atoms with E-state index < -0.39 is 11.9 Å². The summed E-state index contributed by atoms with van der Waals surface area (Å²) in [5.41, 5.74) is -0.999. The number of ether oxygens (including phenoxy) is 1. The summed E-state index contributed by atoms with van der Waals surface area (Å²) < 4.78 is 41.8. The summed E-state index contributed by atoms with van der Waals surface area (Å²) in [6.07, 6.45) is -4.49. The van der Waals surface area contributed by atoms with Gasteiger partial charge in [-0.15, -0.1) is 10.2 Å². The molecule has 0 bridgehead atoms. The maximum atomic E-state index is 12.2. The van der Waals surface area contributed by atoms with Gasteiger partial charge in [-0.05, 0) is 26.0 Å². The lowest BCUT2D eigenvalue weighted by Gasteiger charge is -2.12. The fraction of sp³-hybridized carbons (Fsp3) is 0.600. The molecule has 0 fully saturated rings. The minimum absolute atomic E-state index is 0.0379. The van der Waals surface area contributed by atoms with Gasteiger partial charge in [0.05, 0.1) is 6.10 Å². The normalized spacial score (nSPS) is 13.5. The maximum Gasteiger partial charge on any atom is 0.435 e. The number of nitrogens with one attached hydrogen (secondary N) is 1. The Morgan fingerprint density at radius 2 is 2.06 bits per heavy atom. The second kappa shape index (κ2) is 5.81. The summed E-state index contributed by atoms with van der Waals surface area (Å²) in [5, 5.41) is 9.38. The van der Waals surface area contributed by atoms with E-state index in [2.05, 4.69) is 15.5 Å². The molecular formula is C10H14F3N3O. The predicted octanol–water partition coefficient (Wildman–Crippen LogP) is 2.33. The molecular weight excluding hydrogens is 235 g/mol.